The number of ether oxygens (including phenoxy) is 1. The van der Waals surface area contributed by atoms with Gasteiger partial charge in [-0.3, -0.25) is 4.79 Å². The van der Waals surface area contributed by atoms with Gasteiger partial charge >= 0.3 is 0 Å². The Balaban J connectivity index is 1.60. The lowest BCUT2D eigenvalue weighted by Crippen LogP contribution is -2.29. The summed E-state index contributed by atoms with van der Waals surface area (Å²) in [5.74, 6) is 1.57. The van der Waals surface area contributed by atoms with Crippen LogP contribution in [0.1, 0.15) is 23.1 Å². The number of aromatic nitrogens is 2. The molecule has 6 nitrogen and oxygen atoms in total. The Morgan fingerprint density at radius 2 is 1.93 bits per heavy atom. The van der Waals surface area contributed by atoms with Gasteiger partial charge in [0, 0.05) is 25.6 Å². The maximum Gasteiger partial charge on any atom is 0.259 e. The van der Waals surface area contributed by atoms with Gasteiger partial charge < -0.3 is 14.2 Å². The van der Waals surface area contributed by atoms with Gasteiger partial charge in [-0.15, -0.1) is 0 Å². The van der Waals surface area contributed by atoms with Crippen molar-refractivity contribution in [1.29, 1.82) is 0 Å². The van der Waals surface area contributed by atoms with Gasteiger partial charge in [-0.25, -0.2) is 0 Å². The molecule has 1 heterocycles. The summed E-state index contributed by atoms with van der Waals surface area (Å²) >= 11 is 6.15. The topological polar surface area (TPSA) is 68.5 Å². The third-order valence-corrected chi connectivity index (χ3v) is 4.33. The molecular formula is C20H20ClN3O3. The van der Waals surface area contributed by atoms with Crippen molar-refractivity contribution in [1.82, 2.24) is 15.0 Å². The van der Waals surface area contributed by atoms with Gasteiger partial charge in [-0.2, -0.15) is 4.98 Å². The predicted molar refractivity (Wildman–Crippen MR) is 103 cm³/mol. The summed E-state index contributed by atoms with van der Waals surface area (Å²) < 4.78 is 10.7. The average molecular weight is 386 g/mol. The van der Waals surface area contributed by atoms with Crippen molar-refractivity contribution >= 4 is 17.5 Å². The number of benzene rings is 2. The van der Waals surface area contributed by atoms with Crippen LogP contribution in [0.15, 0.2) is 53.1 Å². The fraction of sp³-hybridized carbons (Fsp3) is 0.250. The molecule has 27 heavy (non-hydrogen) atoms. The average Bonchev–Trinajstić information content (AvgIpc) is 3.15. The molecule has 7 heteroatoms. The number of amides is 1. The zero-order valence-corrected chi connectivity index (χ0v) is 15.9. The quantitative estimate of drug-likeness (QED) is 0.612. The molecule has 0 N–H and O–H groups in total. The minimum Gasteiger partial charge on any atom is -0.494 e. The van der Waals surface area contributed by atoms with Crippen LogP contribution in [0.3, 0.4) is 0 Å². The normalized spacial score (nSPS) is 10.6. The van der Waals surface area contributed by atoms with Crippen molar-refractivity contribution in [2.24, 2.45) is 0 Å². The Morgan fingerprint density at radius 1 is 1.19 bits per heavy atom. The molecule has 1 aromatic heterocycles. The SMILES string of the molecule is CCOc1ccc(C(=O)N(C)CCc2noc(-c3ccccc3Cl)n2)cc1. The maximum atomic E-state index is 12.5. The van der Waals surface area contributed by atoms with Crippen molar-refractivity contribution < 1.29 is 14.1 Å². The number of carbonyl (C=O) groups is 1. The summed E-state index contributed by atoms with van der Waals surface area (Å²) in [5.41, 5.74) is 1.29. The summed E-state index contributed by atoms with van der Waals surface area (Å²) in [6.07, 6.45) is 0.479. The van der Waals surface area contributed by atoms with E-state index < -0.39 is 0 Å². The van der Waals surface area contributed by atoms with E-state index in [0.29, 0.717) is 47.4 Å². The van der Waals surface area contributed by atoms with E-state index in [4.69, 9.17) is 20.9 Å². The molecule has 1 amide bonds. The van der Waals surface area contributed by atoms with Gasteiger partial charge in [0.15, 0.2) is 5.82 Å². The van der Waals surface area contributed by atoms with Crippen LogP contribution in [0.5, 0.6) is 5.75 Å². The maximum absolute atomic E-state index is 12.5. The second-order valence-corrected chi connectivity index (χ2v) is 6.34. The second-order valence-electron chi connectivity index (χ2n) is 5.93. The largest absolute Gasteiger partial charge is 0.494 e. The molecule has 0 unspecified atom stereocenters. The first kappa shape index (κ1) is 18.9. The Hall–Kier alpha value is -2.86. The zero-order chi connectivity index (χ0) is 19.2. The number of hydrogen-bond acceptors (Lipinski definition) is 5. The number of rotatable bonds is 7. The van der Waals surface area contributed by atoms with Crippen LogP contribution in [0.2, 0.25) is 5.02 Å². The molecule has 140 valence electrons. The van der Waals surface area contributed by atoms with Crippen LogP contribution in [0.25, 0.3) is 11.5 Å². The van der Waals surface area contributed by atoms with Crippen molar-refractivity contribution in [2.75, 3.05) is 20.2 Å². The molecule has 0 aliphatic carbocycles. The van der Waals surface area contributed by atoms with Crippen LogP contribution in [-0.2, 0) is 6.42 Å². The molecule has 3 aromatic rings. The molecule has 0 atom stereocenters. The number of halogens is 1. The lowest BCUT2D eigenvalue weighted by Gasteiger charge is -2.16. The van der Waals surface area contributed by atoms with Gasteiger partial charge in [-0.05, 0) is 43.3 Å². The first-order valence-electron chi connectivity index (χ1n) is 8.64. The summed E-state index contributed by atoms with van der Waals surface area (Å²) in [6.45, 7) is 2.98. The van der Waals surface area contributed by atoms with Gasteiger partial charge in [0.1, 0.15) is 5.75 Å². The fourth-order valence-corrected chi connectivity index (χ4v) is 2.77. The molecule has 0 aliphatic heterocycles. The Morgan fingerprint density at radius 3 is 2.63 bits per heavy atom. The highest BCUT2D eigenvalue weighted by Gasteiger charge is 2.15. The van der Waals surface area contributed by atoms with E-state index in [2.05, 4.69) is 10.1 Å². The minimum absolute atomic E-state index is 0.0760. The Kier molecular flexibility index (Phi) is 6.08. The molecule has 3 rings (SSSR count). The van der Waals surface area contributed by atoms with E-state index in [1.54, 1.807) is 42.3 Å². The highest BCUT2D eigenvalue weighted by molar-refractivity contribution is 6.33. The number of hydrogen-bond donors (Lipinski definition) is 0. The predicted octanol–water partition coefficient (Wildman–Crippen LogP) is 4.10. The van der Waals surface area contributed by atoms with E-state index in [1.165, 1.54) is 0 Å². The molecule has 0 fully saturated rings. The summed E-state index contributed by atoms with van der Waals surface area (Å²) in [5, 5.41) is 4.52. The van der Waals surface area contributed by atoms with Crippen LogP contribution in [-0.4, -0.2) is 41.1 Å². The fourth-order valence-electron chi connectivity index (χ4n) is 2.55. The molecule has 2 aromatic carbocycles. The van der Waals surface area contributed by atoms with E-state index in [9.17, 15) is 4.79 Å². The smallest absolute Gasteiger partial charge is 0.259 e. The van der Waals surface area contributed by atoms with Crippen LogP contribution in [0, 0.1) is 0 Å². The first-order chi connectivity index (χ1) is 13.1. The number of likely N-dealkylation sites (N-methyl/N-ethyl adjacent to an activating group) is 1. The van der Waals surface area contributed by atoms with Gasteiger partial charge in [0.2, 0.25) is 0 Å². The molecular weight excluding hydrogens is 366 g/mol. The van der Waals surface area contributed by atoms with Crippen LogP contribution < -0.4 is 4.74 Å². The van der Waals surface area contributed by atoms with E-state index in [-0.39, 0.29) is 5.91 Å². The molecule has 0 saturated heterocycles. The molecule has 0 spiro atoms. The van der Waals surface area contributed by atoms with E-state index in [0.717, 1.165) is 5.75 Å². The standard InChI is InChI=1S/C20H20ClN3O3/c1-3-26-15-10-8-14(9-11-15)20(25)24(2)13-12-18-22-19(27-23-18)16-6-4-5-7-17(16)21/h4-11H,3,12-13H2,1-2H3. The van der Waals surface area contributed by atoms with Crippen molar-refractivity contribution in [3.8, 4) is 17.2 Å². The monoisotopic (exact) mass is 385 g/mol. The van der Waals surface area contributed by atoms with Gasteiger partial charge in [0.05, 0.1) is 17.2 Å². The van der Waals surface area contributed by atoms with Crippen molar-refractivity contribution in [3.63, 3.8) is 0 Å². The van der Waals surface area contributed by atoms with Gasteiger partial charge in [0.25, 0.3) is 11.8 Å². The Labute approximate surface area is 162 Å². The van der Waals surface area contributed by atoms with Crippen LogP contribution in [0.4, 0.5) is 0 Å². The highest BCUT2D eigenvalue weighted by atomic mass is 35.5. The molecule has 0 saturated carbocycles. The van der Waals surface area contributed by atoms with Crippen molar-refractivity contribution in [2.45, 2.75) is 13.3 Å². The number of carbonyl (C=O) groups excluding carboxylic acids is 1. The zero-order valence-electron chi connectivity index (χ0n) is 15.2. The van der Waals surface area contributed by atoms with Crippen LogP contribution >= 0.6 is 11.6 Å². The minimum atomic E-state index is -0.0760. The summed E-state index contributed by atoms with van der Waals surface area (Å²) in [7, 11) is 1.74. The third kappa shape index (κ3) is 4.65. The first-order valence-corrected chi connectivity index (χ1v) is 9.02. The van der Waals surface area contributed by atoms with E-state index in [1.807, 2.05) is 25.1 Å². The molecule has 0 radical (unpaired) electrons. The summed E-state index contributed by atoms with van der Waals surface area (Å²) in [6, 6.07) is 14.4. The molecule has 0 bridgehead atoms. The van der Waals surface area contributed by atoms with E-state index >= 15 is 0 Å². The van der Waals surface area contributed by atoms with Crippen molar-refractivity contribution in [3.05, 3.63) is 64.9 Å². The summed E-state index contributed by atoms with van der Waals surface area (Å²) in [4.78, 5) is 18.5. The third-order valence-electron chi connectivity index (χ3n) is 4.00. The van der Waals surface area contributed by atoms with Gasteiger partial charge in [-0.1, -0.05) is 28.9 Å². The number of nitrogens with zero attached hydrogens (tertiary/aromatic N) is 3. The highest BCUT2D eigenvalue weighted by Crippen LogP contribution is 2.25. The second kappa shape index (κ2) is 8.68. The lowest BCUT2D eigenvalue weighted by molar-refractivity contribution is 0.0795. The lowest BCUT2D eigenvalue weighted by atomic mass is 10.2. The Bertz CT molecular complexity index is 909. The molecule has 0 aliphatic rings.